The zero-order chi connectivity index (χ0) is 12.6. The van der Waals surface area contributed by atoms with E-state index in [1.165, 1.54) is 6.92 Å². The molecular formula is C10H20N3O3. The van der Waals surface area contributed by atoms with Crippen molar-refractivity contribution in [3.05, 3.63) is 0 Å². The number of aliphatic hydroxyl groups excluding tert-OH is 1. The third-order valence-corrected chi connectivity index (χ3v) is 2.23. The molecule has 93 valence electrons. The van der Waals surface area contributed by atoms with Crippen LogP contribution in [-0.2, 0) is 9.59 Å². The van der Waals surface area contributed by atoms with E-state index in [1.54, 1.807) is 6.29 Å². The fourth-order valence-corrected chi connectivity index (χ4v) is 1.14. The van der Waals surface area contributed by atoms with Gasteiger partial charge < -0.3 is 21.9 Å². The molecule has 0 aromatic carbocycles. The summed E-state index contributed by atoms with van der Waals surface area (Å²) in [6.07, 6.45) is 2.79. The van der Waals surface area contributed by atoms with Crippen LogP contribution in [0.1, 0.15) is 26.2 Å². The zero-order valence-electron chi connectivity index (χ0n) is 9.48. The first kappa shape index (κ1) is 15.0. The normalized spacial score (nSPS) is 16.2. The highest BCUT2D eigenvalue weighted by molar-refractivity contribution is 5.84. The first-order valence-corrected chi connectivity index (χ1v) is 5.34. The second-order valence-electron chi connectivity index (χ2n) is 3.73. The molecule has 0 heterocycles. The van der Waals surface area contributed by atoms with Crippen LogP contribution >= 0.6 is 0 Å². The lowest BCUT2D eigenvalue weighted by molar-refractivity contribution is -0.124. The maximum Gasteiger partial charge on any atom is 0.240 e. The second-order valence-corrected chi connectivity index (χ2v) is 3.73. The minimum Gasteiger partial charge on any atom is -0.391 e. The Morgan fingerprint density at radius 3 is 2.56 bits per heavy atom. The van der Waals surface area contributed by atoms with Crippen molar-refractivity contribution in [2.24, 2.45) is 11.5 Å². The molecule has 1 radical (unpaired) electrons. The van der Waals surface area contributed by atoms with Crippen LogP contribution in [0, 0.1) is 0 Å². The molecule has 0 saturated carbocycles. The van der Waals surface area contributed by atoms with Crippen LogP contribution in [-0.4, -0.2) is 42.0 Å². The van der Waals surface area contributed by atoms with Gasteiger partial charge in [-0.15, -0.1) is 0 Å². The van der Waals surface area contributed by atoms with E-state index >= 15 is 0 Å². The molecule has 0 spiro atoms. The molecule has 0 saturated heterocycles. The lowest BCUT2D eigenvalue weighted by Gasteiger charge is -2.17. The fourth-order valence-electron chi connectivity index (χ4n) is 1.14. The zero-order valence-corrected chi connectivity index (χ0v) is 9.48. The maximum atomic E-state index is 11.4. The van der Waals surface area contributed by atoms with Gasteiger partial charge in [0.15, 0.2) is 0 Å². The number of nitrogens with one attached hydrogen (secondary N) is 1. The van der Waals surface area contributed by atoms with Crippen molar-refractivity contribution >= 4 is 12.2 Å². The Bertz CT molecular complexity index is 221. The molecule has 0 aromatic heterocycles. The molecule has 1 amide bonds. The quantitative estimate of drug-likeness (QED) is 0.375. The van der Waals surface area contributed by atoms with E-state index in [-0.39, 0.29) is 0 Å². The van der Waals surface area contributed by atoms with Gasteiger partial charge in [0, 0.05) is 0 Å². The summed E-state index contributed by atoms with van der Waals surface area (Å²) in [5.74, 6) is -0.545. The minimum absolute atomic E-state index is 0.485. The van der Waals surface area contributed by atoms with Crippen LogP contribution in [0.3, 0.4) is 0 Å². The Kier molecular flexibility index (Phi) is 7.70. The number of hydrogen-bond donors (Lipinski definition) is 4. The van der Waals surface area contributed by atoms with E-state index in [9.17, 15) is 9.59 Å². The number of unbranched alkanes of at least 4 members (excludes halogenated alkanes) is 1. The molecule has 6 N–H and O–H groups in total. The van der Waals surface area contributed by atoms with E-state index in [0.29, 0.717) is 13.0 Å². The van der Waals surface area contributed by atoms with Crippen molar-refractivity contribution in [2.75, 3.05) is 6.54 Å². The Balaban J connectivity index is 4.01. The maximum absolute atomic E-state index is 11.4. The Morgan fingerprint density at radius 1 is 1.50 bits per heavy atom. The van der Waals surface area contributed by atoms with Crippen molar-refractivity contribution in [1.82, 2.24) is 5.32 Å². The predicted octanol–water partition coefficient (Wildman–Crippen LogP) is -1.58. The summed E-state index contributed by atoms with van der Waals surface area (Å²) in [7, 11) is 0. The topological polar surface area (TPSA) is 118 Å². The lowest BCUT2D eigenvalue weighted by atomic mass is 10.1. The van der Waals surface area contributed by atoms with E-state index in [1.807, 2.05) is 0 Å². The first-order chi connectivity index (χ1) is 7.52. The number of carbonyl (C=O) groups excluding carboxylic acids is 2. The third kappa shape index (κ3) is 5.79. The van der Waals surface area contributed by atoms with Gasteiger partial charge in [0.25, 0.3) is 0 Å². The van der Waals surface area contributed by atoms with Crippen LogP contribution in [0.25, 0.3) is 0 Å². The highest BCUT2D eigenvalue weighted by atomic mass is 16.3. The summed E-state index contributed by atoms with van der Waals surface area (Å²) in [4.78, 5) is 21.9. The van der Waals surface area contributed by atoms with Gasteiger partial charge in [-0.1, -0.05) is 0 Å². The molecule has 16 heavy (non-hydrogen) atoms. The van der Waals surface area contributed by atoms with Gasteiger partial charge in [0.05, 0.1) is 12.1 Å². The summed E-state index contributed by atoms with van der Waals surface area (Å²) in [6.45, 7) is 1.96. The Labute approximate surface area is 95.4 Å². The number of hydrogen-bond acceptors (Lipinski definition) is 5. The molecule has 0 aliphatic carbocycles. The van der Waals surface area contributed by atoms with Gasteiger partial charge in [0.2, 0.25) is 12.2 Å². The molecule has 0 aliphatic heterocycles. The number of aliphatic hydroxyl groups is 1. The van der Waals surface area contributed by atoms with E-state index in [4.69, 9.17) is 16.6 Å². The van der Waals surface area contributed by atoms with Gasteiger partial charge in [-0.05, 0) is 32.7 Å². The van der Waals surface area contributed by atoms with E-state index < -0.39 is 24.1 Å². The SMILES string of the molecule is C[C@@H](O)[C@H](N)C(=O)N[C@H]([C]=O)CCCCN. The molecule has 0 aliphatic rings. The molecule has 0 bridgehead atoms. The van der Waals surface area contributed by atoms with Crippen molar-refractivity contribution < 1.29 is 14.7 Å². The summed E-state index contributed by atoms with van der Waals surface area (Å²) in [5, 5.41) is 11.5. The van der Waals surface area contributed by atoms with Gasteiger partial charge in [-0.3, -0.25) is 9.59 Å². The van der Waals surface area contributed by atoms with Gasteiger partial charge in [-0.2, -0.15) is 0 Å². The fraction of sp³-hybridized carbons (Fsp3) is 0.800. The Hall–Kier alpha value is -0.980. The Morgan fingerprint density at radius 2 is 2.12 bits per heavy atom. The van der Waals surface area contributed by atoms with Crippen molar-refractivity contribution in [3.63, 3.8) is 0 Å². The van der Waals surface area contributed by atoms with Crippen LogP contribution in [0.15, 0.2) is 0 Å². The van der Waals surface area contributed by atoms with Gasteiger partial charge in [0.1, 0.15) is 6.04 Å². The molecular weight excluding hydrogens is 210 g/mol. The largest absolute Gasteiger partial charge is 0.391 e. The van der Waals surface area contributed by atoms with Crippen molar-refractivity contribution in [1.29, 1.82) is 0 Å². The average molecular weight is 230 g/mol. The average Bonchev–Trinajstić information content (AvgIpc) is 2.26. The first-order valence-electron chi connectivity index (χ1n) is 5.34. The molecule has 6 nitrogen and oxygen atoms in total. The van der Waals surface area contributed by atoms with Crippen LogP contribution in [0.2, 0.25) is 0 Å². The molecule has 0 aromatic rings. The number of carbonyl (C=O) groups is 1. The minimum atomic E-state index is -1.02. The standard InChI is InChI=1S/C10H20N3O3/c1-7(15)9(12)10(16)13-8(6-14)4-2-3-5-11/h7-9,15H,2-5,11-12H2,1H3,(H,13,16)/t7-,8+,9+/m1/s1. The lowest BCUT2D eigenvalue weighted by Crippen LogP contribution is -2.50. The molecule has 0 unspecified atom stereocenters. The number of amides is 1. The van der Waals surface area contributed by atoms with Gasteiger partial charge >= 0.3 is 0 Å². The summed E-state index contributed by atoms with van der Waals surface area (Å²) < 4.78 is 0. The highest BCUT2D eigenvalue weighted by Crippen LogP contribution is 1.99. The van der Waals surface area contributed by atoms with Crippen LogP contribution < -0.4 is 16.8 Å². The number of nitrogens with two attached hydrogens (primary N) is 2. The molecule has 0 rings (SSSR count). The highest BCUT2D eigenvalue weighted by Gasteiger charge is 2.21. The van der Waals surface area contributed by atoms with Crippen molar-refractivity contribution in [2.45, 2.75) is 44.4 Å². The number of rotatable bonds is 8. The van der Waals surface area contributed by atoms with Gasteiger partial charge in [-0.25, -0.2) is 0 Å². The third-order valence-electron chi connectivity index (χ3n) is 2.23. The monoisotopic (exact) mass is 230 g/mol. The summed E-state index contributed by atoms with van der Waals surface area (Å²) >= 11 is 0. The summed E-state index contributed by atoms with van der Waals surface area (Å²) in [5.41, 5.74) is 10.7. The predicted molar refractivity (Wildman–Crippen MR) is 60.2 cm³/mol. The smallest absolute Gasteiger partial charge is 0.240 e. The summed E-state index contributed by atoms with van der Waals surface area (Å²) in [6, 6.07) is -1.70. The van der Waals surface area contributed by atoms with E-state index in [2.05, 4.69) is 5.32 Å². The van der Waals surface area contributed by atoms with E-state index in [0.717, 1.165) is 12.8 Å². The molecule has 6 heteroatoms. The van der Waals surface area contributed by atoms with Crippen molar-refractivity contribution in [3.8, 4) is 0 Å². The molecule has 0 fully saturated rings. The van der Waals surface area contributed by atoms with Crippen LogP contribution in [0.5, 0.6) is 0 Å². The molecule has 3 atom stereocenters. The van der Waals surface area contributed by atoms with Crippen LogP contribution in [0.4, 0.5) is 0 Å². The second kappa shape index (κ2) is 8.20.